The summed E-state index contributed by atoms with van der Waals surface area (Å²) in [5, 5.41) is 9.31. The third kappa shape index (κ3) is 8.45. The lowest BCUT2D eigenvalue weighted by Crippen LogP contribution is -2.02. The number of ether oxygens (including phenoxy) is 2. The molecular weight excluding hydrogens is 340 g/mol. The van der Waals surface area contributed by atoms with Crippen LogP contribution < -0.4 is 4.74 Å². The first-order valence-electron chi connectivity index (χ1n) is 9.46. The molecule has 0 atom stereocenters. The SMILES string of the molecule is C=CC(=O)OCCCCCCOc1ccc(CCc2ccc(O)cc2)cc1. The van der Waals surface area contributed by atoms with Crippen molar-refractivity contribution >= 4 is 5.97 Å². The molecule has 0 bridgehead atoms. The maximum absolute atomic E-state index is 10.9. The molecule has 0 aliphatic rings. The molecule has 0 saturated carbocycles. The van der Waals surface area contributed by atoms with Gasteiger partial charge in [0.1, 0.15) is 11.5 Å². The van der Waals surface area contributed by atoms with Gasteiger partial charge in [-0.25, -0.2) is 4.79 Å². The summed E-state index contributed by atoms with van der Waals surface area (Å²) in [4.78, 5) is 10.9. The number of esters is 1. The summed E-state index contributed by atoms with van der Waals surface area (Å²) < 4.78 is 10.7. The topological polar surface area (TPSA) is 55.8 Å². The van der Waals surface area contributed by atoms with Crippen molar-refractivity contribution in [2.45, 2.75) is 38.5 Å². The fraction of sp³-hybridized carbons (Fsp3) is 0.348. The third-order valence-electron chi connectivity index (χ3n) is 4.28. The molecular formula is C23H28O4. The minimum absolute atomic E-state index is 0.302. The van der Waals surface area contributed by atoms with Crippen molar-refractivity contribution in [3.63, 3.8) is 0 Å². The standard InChI is InChI=1S/C23H28O4/c1-2-23(25)27-18-6-4-3-5-17-26-22-15-11-20(12-16-22)8-7-19-9-13-21(24)14-10-19/h2,9-16,24H,1,3-8,17-18H2. The van der Waals surface area contributed by atoms with Crippen molar-refractivity contribution in [2.75, 3.05) is 13.2 Å². The van der Waals surface area contributed by atoms with Gasteiger partial charge in [0.2, 0.25) is 0 Å². The van der Waals surface area contributed by atoms with E-state index in [1.807, 2.05) is 24.3 Å². The highest BCUT2D eigenvalue weighted by Gasteiger charge is 1.99. The maximum Gasteiger partial charge on any atom is 0.330 e. The zero-order chi connectivity index (χ0) is 19.3. The highest BCUT2D eigenvalue weighted by Crippen LogP contribution is 2.16. The molecule has 0 saturated heterocycles. The van der Waals surface area contributed by atoms with Crippen LogP contribution in [0.4, 0.5) is 0 Å². The van der Waals surface area contributed by atoms with Crippen molar-refractivity contribution in [2.24, 2.45) is 0 Å². The molecule has 0 unspecified atom stereocenters. The Hall–Kier alpha value is -2.75. The van der Waals surface area contributed by atoms with E-state index in [0.29, 0.717) is 19.0 Å². The summed E-state index contributed by atoms with van der Waals surface area (Å²) in [5.41, 5.74) is 2.48. The van der Waals surface area contributed by atoms with Crippen molar-refractivity contribution in [3.8, 4) is 11.5 Å². The number of hydrogen-bond donors (Lipinski definition) is 1. The van der Waals surface area contributed by atoms with Crippen molar-refractivity contribution in [3.05, 3.63) is 72.3 Å². The minimum atomic E-state index is -0.357. The van der Waals surface area contributed by atoms with Crippen LogP contribution in [0.15, 0.2) is 61.2 Å². The largest absolute Gasteiger partial charge is 0.508 e. The molecule has 144 valence electrons. The Morgan fingerprint density at radius 2 is 1.41 bits per heavy atom. The molecule has 0 fully saturated rings. The zero-order valence-electron chi connectivity index (χ0n) is 15.7. The van der Waals surface area contributed by atoms with Gasteiger partial charge in [-0.3, -0.25) is 0 Å². The lowest BCUT2D eigenvalue weighted by molar-refractivity contribution is -0.137. The number of aryl methyl sites for hydroxylation is 2. The number of phenols is 1. The molecule has 27 heavy (non-hydrogen) atoms. The highest BCUT2D eigenvalue weighted by molar-refractivity contribution is 5.81. The van der Waals surface area contributed by atoms with E-state index in [0.717, 1.165) is 44.3 Å². The predicted octanol–water partition coefficient (Wildman–Crippen LogP) is 4.85. The van der Waals surface area contributed by atoms with Gasteiger partial charge in [0.05, 0.1) is 13.2 Å². The normalized spacial score (nSPS) is 10.4. The van der Waals surface area contributed by atoms with E-state index in [-0.39, 0.29) is 5.97 Å². The smallest absolute Gasteiger partial charge is 0.330 e. The zero-order valence-corrected chi connectivity index (χ0v) is 15.7. The van der Waals surface area contributed by atoms with E-state index in [2.05, 4.69) is 18.7 Å². The van der Waals surface area contributed by atoms with Gasteiger partial charge in [-0.05, 0) is 73.9 Å². The number of unbranched alkanes of at least 4 members (excludes halogenated alkanes) is 3. The monoisotopic (exact) mass is 368 g/mol. The van der Waals surface area contributed by atoms with Crippen LogP contribution in [0.1, 0.15) is 36.8 Å². The second-order valence-corrected chi connectivity index (χ2v) is 6.44. The van der Waals surface area contributed by atoms with E-state index >= 15 is 0 Å². The lowest BCUT2D eigenvalue weighted by Gasteiger charge is -2.08. The molecule has 0 heterocycles. The number of benzene rings is 2. The summed E-state index contributed by atoms with van der Waals surface area (Å²) in [6, 6.07) is 15.6. The van der Waals surface area contributed by atoms with Gasteiger partial charge in [0.25, 0.3) is 0 Å². The van der Waals surface area contributed by atoms with E-state index in [1.165, 1.54) is 17.2 Å². The molecule has 1 N–H and O–H groups in total. The fourth-order valence-corrected chi connectivity index (χ4v) is 2.68. The molecule has 0 aliphatic heterocycles. The first-order valence-corrected chi connectivity index (χ1v) is 9.46. The second kappa shape index (κ2) is 11.8. The summed E-state index contributed by atoms with van der Waals surface area (Å²) in [5.74, 6) is 0.838. The Balaban J connectivity index is 1.56. The molecule has 2 rings (SSSR count). The van der Waals surface area contributed by atoms with Crippen LogP contribution in [0.3, 0.4) is 0 Å². The third-order valence-corrected chi connectivity index (χ3v) is 4.28. The Morgan fingerprint density at radius 3 is 2.00 bits per heavy atom. The van der Waals surface area contributed by atoms with E-state index < -0.39 is 0 Å². The van der Waals surface area contributed by atoms with E-state index in [4.69, 9.17) is 9.47 Å². The van der Waals surface area contributed by atoms with Gasteiger partial charge in [-0.1, -0.05) is 30.8 Å². The molecule has 0 aromatic heterocycles. The number of rotatable bonds is 12. The van der Waals surface area contributed by atoms with Crippen molar-refractivity contribution < 1.29 is 19.4 Å². The van der Waals surface area contributed by atoms with Gasteiger partial charge in [0.15, 0.2) is 0 Å². The molecule has 0 radical (unpaired) electrons. The number of phenolic OH excluding ortho intramolecular Hbond substituents is 1. The van der Waals surface area contributed by atoms with E-state index in [1.54, 1.807) is 12.1 Å². The number of carbonyl (C=O) groups excluding carboxylic acids is 1. The summed E-state index contributed by atoms with van der Waals surface area (Å²) in [6.45, 7) is 4.51. The Morgan fingerprint density at radius 1 is 0.852 bits per heavy atom. The average Bonchev–Trinajstić information content (AvgIpc) is 2.70. The quantitative estimate of drug-likeness (QED) is 0.331. The fourth-order valence-electron chi connectivity index (χ4n) is 2.68. The van der Waals surface area contributed by atoms with Crippen LogP contribution in [-0.2, 0) is 22.4 Å². The summed E-state index contributed by atoms with van der Waals surface area (Å²) >= 11 is 0. The van der Waals surface area contributed by atoms with Crippen LogP contribution in [0.2, 0.25) is 0 Å². The average molecular weight is 368 g/mol. The van der Waals surface area contributed by atoms with Gasteiger partial charge < -0.3 is 14.6 Å². The molecule has 0 spiro atoms. The highest BCUT2D eigenvalue weighted by atomic mass is 16.5. The molecule has 2 aromatic carbocycles. The number of aromatic hydroxyl groups is 1. The van der Waals surface area contributed by atoms with Crippen LogP contribution in [0, 0.1) is 0 Å². The molecule has 2 aromatic rings. The molecule has 0 amide bonds. The van der Waals surface area contributed by atoms with Gasteiger partial charge >= 0.3 is 5.97 Å². The van der Waals surface area contributed by atoms with Crippen LogP contribution in [0.25, 0.3) is 0 Å². The lowest BCUT2D eigenvalue weighted by atomic mass is 10.0. The molecule has 0 aliphatic carbocycles. The van der Waals surface area contributed by atoms with Crippen LogP contribution in [0.5, 0.6) is 11.5 Å². The minimum Gasteiger partial charge on any atom is -0.508 e. The van der Waals surface area contributed by atoms with Crippen molar-refractivity contribution in [1.82, 2.24) is 0 Å². The van der Waals surface area contributed by atoms with Gasteiger partial charge in [0, 0.05) is 6.08 Å². The van der Waals surface area contributed by atoms with Gasteiger partial charge in [-0.15, -0.1) is 0 Å². The Labute approximate surface area is 161 Å². The van der Waals surface area contributed by atoms with E-state index in [9.17, 15) is 9.90 Å². The first-order chi connectivity index (χ1) is 13.2. The Kier molecular flexibility index (Phi) is 8.98. The van der Waals surface area contributed by atoms with Crippen LogP contribution >= 0.6 is 0 Å². The number of hydrogen-bond acceptors (Lipinski definition) is 4. The van der Waals surface area contributed by atoms with Crippen LogP contribution in [-0.4, -0.2) is 24.3 Å². The summed E-state index contributed by atoms with van der Waals surface area (Å²) in [6.07, 6.45) is 7.02. The molecule has 4 heteroatoms. The first kappa shape index (κ1) is 20.6. The summed E-state index contributed by atoms with van der Waals surface area (Å²) in [7, 11) is 0. The number of carbonyl (C=O) groups is 1. The second-order valence-electron chi connectivity index (χ2n) is 6.44. The van der Waals surface area contributed by atoms with Gasteiger partial charge in [-0.2, -0.15) is 0 Å². The maximum atomic E-state index is 10.9. The predicted molar refractivity (Wildman–Crippen MR) is 107 cm³/mol. The Bertz CT molecular complexity index is 689. The van der Waals surface area contributed by atoms with Crippen molar-refractivity contribution in [1.29, 1.82) is 0 Å². The molecule has 4 nitrogen and oxygen atoms in total.